The first-order valence-electron chi connectivity index (χ1n) is 35.6. The van der Waals surface area contributed by atoms with Crippen LogP contribution in [-0.4, -0.2) is 134 Å². The van der Waals surface area contributed by atoms with Gasteiger partial charge in [0.15, 0.2) is 39.3 Å². The first-order valence-corrected chi connectivity index (χ1v) is 42.5. The van der Waals surface area contributed by atoms with Gasteiger partial charge < -0.3 is 4.90 Å². The maximum Gasteiger partial charge on any atom is 0.153 e. The molecule has 5 saturated heterocycles. The summed E-state index contributed by atoms with van der Waals surface area (Å²) in [4.78, 5) is 1.29. The van der Waals surface area contributed by atoms with E-state index in [1.54, 1.807) is 0 Å². The largest absolute Gasteiger partial charge is 0.307 e. The zero-order chi connectivity index (χ0) is 61.0. The number of unbranched alkanes of at least 4 members (excludes halogenated alkanes) is 4. The molecule has 0 aromatic heterocycles. The summed E-state index contributed by atoms with van der Waals surface area (Å²) < 4.78 is 118. The normalized spacial score (nSPS) is 40.2. The smallest absolute Gasteiger partial charge is 0.153 e. The van der Waals surface area contributed by atoms with Crippen LogP contribution >= 0.6 is 0 Å². The van der Waals surface area contributed by atoms with Gasteiger partial charge in [0.05, 0.1) is 88.1 Å². The van der Waals surface area contributed by atoms with Crippen molar-refractivity contribution in [1.82, 2.24) is 37.2 Å². The standard InChI is InChI=1S/C65H122N8O8S4/c1-10-18-22-42(14-5)38-82(74,75)46-26-30-50-54(34-46)61-66-58(50)67-62-55-35-47(83(76,77)39-43(15-6)23-19-11-2)28-32-52(55)60(70-62)71-65-57-37-49(85(80,81)41-45(17-8)25-21-13-4)29-33-53(57)64(73(65)9)72-63-56-36-48(27-31-51(56)59(68-61)69-63)84(78,79)40-44(16-7)24-20-12-3/h42-72H,10-41H2,1-9H3/p+1. The zero-order valence-corrected chi connectivity index (χ0v) is 57.6. The Labute approximate surface area is 518 Å². The highest BCUT2D eigenvalue weighted by molar-refractivity contribution is 7.92. The molecule has 0 amide bonds. The maximum absolute atomic E-state index is 14.7. The molecule has 9 aliphatic rings. The number of rotatable bonds is 28. The number of hydrogen-bond acceptors (Lipinski definition) is 15. The van der Waals surface area contributed by atoms with Gasteiger partial charge in [0.2, 0.25) is 0 Å². The molecule has 0 aromatic rings. The van der Waals surface area contributed by atoms with Gasteiger partial charge in [0.25, 0.3) is 0 Å². The molecular formula is C65H123N8O8S4+. The van der Waals surface area contributed by atoms with Crippen LogP contribution in [0.15, 0.2) is 0 Å². The van der Waals surface area contributed by atoms with Gasteiger partial charge in [-0.05, 0) is 162 Å². The van der Waals surface area contributed by atoms with Gasteiger partial charge in [-0.15, -0.1) is 0 Å². The third kappa shape index (κ3) is 15.8. The van der Waals surface area contributed by atoms with Gasteiger partial charge in [0, 0.05) is 11.8 Å². The van der Waals surface area contributed by atoms with Crippen LogP contribution in [0.25, 0.3) is 0 Å². The second-order valence-corrected chi connectivity index (χ2v) is 39.1. The average molecular weight is 1270 g/mol. The minimum atomic E-state index is -3.40. The lowest BCUT2D eigenvalue weighted by Crippen LogP contribution is -3.18. The topological polar surface area (TPSA) is 225 Å². The molecule has 25 atom stereocenters. The van der Waals surface area contributed by atoms with Gasteiger partial charge in [-0.2, -0.15) is 0 Å². The van der Waals surface area contributed by atoms with Crippen LogP contribution < -0.4 is 42.1 Å². The van der Waals surface area contributed by atoms with Crippen LogP contribution in [0.2, 0.25) is 0 Å². The summed E-state index contributed by atoms with van der Waals surface area (Å²) in [5.41, 5.74) is 0. The minimum absolute atomic E-state index is 0.00765. The van der Waals surface area contributed by atoms with Crippen LogP contribution in [0.4, 0.5) is 0 Å². The monoisotopic (exact) mass is 1270 g/mol. The predicted molar refractivity (Wildman–Crippen MR) is 346 cm³/mol. The Hall–Kier alpha value is -0.520. The van der Waals surface area contributed by atoms with Crippen molar-refractivity contribution in [3.8, 4) is 0 Å². The van der Waals surface area contributed by atoms with Gasteiger partial charge in [-0.3, -0.25) is 37.2 Å². The third-order valence-electron chi connectivity index (χ3n) is 24.6. The fourth-order valence-corrected chi connectivity index (χ4v) is 28.6. The SMILES string of the molecule is CCCCC(CC)CS(=O)(=O)C1CCC2C3NC(NC4NC(NC5C6CCC(S(=O)(=O)CC(CC)CCCC)CC6C(NC6NC(N3)C3CC(S(=O)(=O)CC(CC)CCCC)CCC63)[NH+]5C)C3CC(S(=O)(=O)CC(CC)CCCC)CCC43)C2C1. The first-order chi connectivity index (χ1) is 40.6. The molecule has 0 spiro atoms. The third-order valence-corrected chi connectivity index (χ3v) is 34.1. The Balaban J connectivity index is 1.07. The Kier molecular flexibility index (Phi) is 24.3. The molecule has 0 radical (unpaired) electrons. The first kappa shape index (κ1) is 68.8. The van der Waals surface area contributed by atoms with E-state index >= 15 is 0 Å². The number of sulfone groups is 4. The Morgan fingerprint density at radius 2 is 0.553 bits per heavy atom. The molecule has 5 aliphatic heterocycles. The van der Waals surface area contributed by atoms with Crippen LogP contribution in [-0.2, 0) is 39.3 Å². The van der Waals surface area contributed by atoms with Gasteiger partial charge in [0.1, 0.15) is 12.3 Å². The fourth-order valence-electron chi connectivity index (χ4n) is 19.2. The second kappa shape index (κ2) is 30.0. The molecule has 85 heavy (non-hydrogen) atoms. The van der Waals surface area contributed by atoms with E-state index in [0.29, 0.717) is 51.4 Å². The maximum atomic E-state index is 14.7. The van der Waals surface area contributed by atoms with Crippen LogP contribution in [0.5, 0.6) is 0 Å². The lowest BCUT2D eigenvalue weighted by atomic mass is 9.76. The lowest BCUT2D eigenvalue weighted by Gasteiger charge is -2.39. The van der Waals surface area contributed by atoms with Crippen molar-refractivity contribution in [3.63, 3.8) is 0 Å². The Bertz CT molecular complexity index is 2580. The highest BCUT2D eigenvalue weighted by Crippen LogP contribution is 2.48. The Morgan fingerprint density at radius 1 is 0.318 bits per heavy atom. The van der Waals surface area contributed by atoms with Crippen molar-refractivity contribution < 1.29 is 38.6 Å². The number of nitrogens with one attached hydrogen (secondary N) is 8. The molecule has 16 nitrogen and oxygen atoms in total. The highest BCUT2D eigenvalue weighted by atomic mass is 32.2. The molecule has 0 aromatic carbocycles. The molecule has 9 rings (SSSR count). The van der Waals surface area contributed by atoms with Crippen molar-refractivity contribution in [3.05, 3.63) is 0 Å². The zero-order valence-electron chi connectivity index (χ0n) is 54.4. The van der Waals surface area contributed by atoms with Crippen LogP contribution in [0.3, 0.4) is 0 Å². The number of fused-ring (bicyclic) bond motifs is 20. The van der Waals surface area contributed by atoms with Crippen molar-refractivity contribution in [2.45, 2.75) is 305 Å². The molecule has 9 fully saturated rings. The summed E-state index contributed by atoms with van der Waals surface area (Å²) in [5.74, 6) is 2.23. The lowest BCUT2D eigenvalue weighted by molar-refractivity contribution is -0.927. The van der Waals surface area contributed by atoms with Crippen LogP contribution in [0.1, 0.15) is 235 Å². The summed E-state index contributed by atoms with van der Waals surface area (Å²) in [6, 6.07) is 0. The van der Waals surface area contributed by atoms with E-state index in [1.165, 1.54) is 4.90 Å². The summed E-state index contributed by atoms with van der Waals surface area (Å²) in [6.07, 6.45) is 22.1. The van der Waals surface area contributed by atoms with Crippen molar-refractivity contribution in [1.29, 1.82) is 0 Å². The summed E-state index contributed by atoms with van der Waals surface area (Å²) >= 11 is 0. The van der Waals surface area contributed by atoms with E-state index in [4.69, 9.17) is 0 Å². The van der Waals surface area contributed by atoms with E-state index in [-0.39, 0.29) is 143 Å². The molecule has 25 unspecified atom stereocenters. The number of quaternary nitrogens is 1. The predicted octanol–water partition coefficient (Wildman–Crippen LogP) is 7.97. The van der Waals surface area contributed by atoms with E-state index < -0.39 is 60.3 Å². The highest BCUT2D eigenvalue weighted by Gasteiger charge is 2.61. The second-order valence-electron chi connectivity index (χ2n) is 29.8. The van der Waals surface area contributed by atoms with Crippen molar-refractivity contribution in [2.75, 3.05) is 30.1 Å². The van der Waals surface area contributed by atoms with Gasteiger partial charge >= 0.3 is 0 Å². The molecule has 494 valence electrons. The minimum Gasteiger partial charge on any atom is -0.307 e. The van der Waals surface area contributed by atoms with Crippen LogP contribution in [0, 0.1) is 71.0 Å². The van der Waals surface area contributed by atoms with E-state index in [1.807, 2.05) is 0 Å². The quantitative estimate of drug-likeness (QED) is 0.0372. The average Bonchev–Trinajstić information content (AvgIpc) is 2.42. The summed E-state index contributed by atoms with van der Waals surface area (Å²) in [7, 11) is -11.3. The molecule has 4 aliphatic carbocycles. The van der Waals surface area contributed by atoms with Gasteiger partial charge in [-0.1, -0.05) is 132 Å². The summed E-state index contributed by atoms with van der Waals surface area (Å²) in [5, 5.41) is 27.6. The van der Waals surface area contributed by atoms with E-state index in [2.05, 4.69) is 99.7 Å². The van der Waals surface area contributed by atoms with Gasteiger partial charge in [-0.25, -0.2) is 33.7 Å². The molecule has 4 saturated carbocycles. The Morgan fingerprint density at radius 3 is 0.835 bits per heavy atom. The van der Waals surface area contributed by atoms with Crippen molar-refractivity contribution >= 4 is 39.3 Å². The molecule has 8 N–H and O–H groups in total. The molecular weight excluding hydrogens is 1150 g/mol. The molecule has 5 heterocycles. The number of hydrogen-bond donors (Lipinski definition) is 8. The molecule has 20 heteroatoms. The van der Waals surface area contributed by atoms with Crippen molar-refractivity contribution in [2.24, 2.45) is 71.0 Å². The van der Waals surface area contributed by atoms with E-state index in [9.17, 15) is 33.7 Å². The fraction of sp³-hybridized carbons (Fsp3) is 1.00. The molecule has 8 bridgehead atoms. The summed E-state index contributed by atoms with van der Waals surface area (Å²) in [6.45, 7) is 17.2. The van der Waals surface area contributed by atoms with E-state index in [0.717, 1.165) is 128 Å².